The number of unbranched alkanes of at least 4 members (excludes halogenated alkanes) is 1. The van der Waals surface area contributed by atoms with Crippen molar-refractivity contribution >= 4 is 0 Å². The van der Waals surface area contributed by atoms with E-state index < -0.39 is 5.79 Å². The van der Waals surface area contributed by atoms with Gasteiger partial charge in [0.15, 0.2) is 5.82 Å². The lowest BCUT2D eigenvalue weighted by Gasteiger charge is -2.27. The summed E-state index contributed by atoms with van der Waals surface area (Å²) in [6, 6.07) is 16.6. The summed E-state index contributed by atoms with van der Waals surface area (Å²) in [5, 5.41) is 19.2. The number of aromatic amines is 1. The van der Waals surface area contributed by atoms with E-state index in [4.69, 9.17) is 19.6 Å². The van der Waals surface area contributed by atoms with Crippen LogP contribution in [0.15, 0.2) is 48.5 Å². The minimum Gasteiger partial charge on any atom is -0.344 e. The molecule has 2 aromatic carbocycles. The largest absolute Gasteiger partial charge is 0.344 e. The summed E-state index contributed by atoms with van der Waals surface area (Å²) in [6.07, 6.45) is 4.58. The molecule has 0 spiro atoms. The van der Waals surface area contributed by atoms with E-state index in [0.29, 0.717) is 31.3 Å². The lowest BCUT2D eigenvalue weighted by atomic mass is 9.98. The van der Waals surface area contributed by atoms with Crippen LogP contribution in [0.5, 0.6) is 0 Å². The Morgan fingerprint density at radius 1 is 0.892 bits per heavy atom. The first-order valence-electron chi connectivity index (χ1n) is 13.2. The van der Waals surface area contributed by atoms with Crippen LogP contribution in [0.2, 0.25) is 0 Å². The Bertz CT molecular complexity index is 1230. The molecule has 0 aliphatic heterocycles. The van der Waals surface area contributed by atoms with Gasteiger partial charge in [-0.3, -0.25) is 0 Å². The Labute approximate surface area is 218 Å². The van der Waals surface area contributed by atoms with Gasteiger partial charge in [0.25, 0.3) is 0 Å². The molecule has 4 aromatic rings. The van der Waals surface area contributed by atoms with Crippen molar-refractivity contribution in [2.24, 2.45) is 0 Å². The van der Waals surface area contributed by atoms with Crippen LogP contribution in [0.4, 0.5) is 0 Å². The highest BCUT2D eigenvalue weighted by Gasteiger charge is 2.34. The number of nitrogens with zero attached hydrogens (tertiary/aromatic N) is 6. The van der Waals surface area contributed by atoms with Crippen molar-refractivity contribution in [1.29, 1.82) is 0 Å². The summed E-state index contributed by atoms with van der Waals surface area (Å²) in [7, 11) is 0. The summed E-state index contributed by atoms with van der Waals surface area (Å²) in [5.74, 6) is 1.19. The summed E-state index contributed by atoms with van der Waals surface area (Å²) in [6.45, 7) is 10.3. The smallest absolute Gasteiger partial charge is 0.229 e. The van der Waals surface area contributed by atoms with E-state index in [1.165, 1.54) is 0 Å². The highest BCUT2D eigenvalue weighted by molar-refractivity contribution is 5.80. The first-order valence-corrected chi connectivity index (χ1v) is 13.2. The number of nitrogens with one attached hydrogen (secondary N) is 1. The highest BCUT2D eigenvalue weighted by Crippen LogP contribution is 2.30. The number of hydrogen-bond acceptors (Lipinski definition) is 7. The van der Waals surface area contributed by atoms with Gasteiger partial charge in [-0.2, -0.15) is 5.10 Å². The summed E-state index contributed by atoms with van der Waals surface area (Å²) in [4.78, 5) is 4.94. The number of benzene rings is 2. The predicted octanol–water partition coefficient (Wildman–Crippen LogP) is 5.54. The minimum atomic E-state index is -0.957. The average Bonchev–Trinajstić information content (AvgIpc) is 3.61. The molecule has 0 saturated heterocycles. The zero-order valence-electron chi connectivity index (χ0n) is 22.3. The number of tetrazole rings is 1. The Morgan fingerprint density at radius 2 is 1.59 bits per heavy atom. The van der Waals surface area contributed by atoms with Gasteiger partial charge in [0.1, 0.15) is 5.82 Å². The lowest BCUT2D eigenvalue weighted by molar-refractivity contribution is -0.239. The van der Waals surface area contributed by atoms with Gasteiger partial charge in [-0.25, -0.2) is 14.8 Å². The summed E-state index contributed by atoms with van der Waals surface area (Å²) in [5.41, 5.74) is 4.28. The van der Waals surface area contributed by atoms with Crippen molar-refractivity contribution in [2.45, 2.75) is 72.1 Å². The standard InChI is InChI=1S/C28H37N7O2/c1-5-8-17-35-25(29-27(32-35)28(4,36-18-6-2)37-19-7-3)20-21-13-15-22(16-14-21)23-11-9-10-12-24(23)26-30-33-34-31-26/h9-16H,5-8,17-20H2,1-4H3,(H,30,31,33,34). The Morgan fingerprint density at radius 3 is 2.22 bits per heavy atom. The molecule has 9 nitrogen and oxygen atoms in total. The Kier molecular flexibility index (Phi) is 9.14. The van der Waals surface area contributed by atoms with Crippen LogP contribution in [-0.2, 0) is 28.2 Å². The second kappa shape index (κ2) is 12.7. The molecule has 0 aliphatic rings. The van der Waals surface area contributed by atoms with Crippen LogP contribution in [-0.4, -0.2) is 48.6 Å². The van der Waals surface area contributed by atoms with E-state index in [1.807, 2.05) is 29.8 Å². The average molecular weight is 504 g/mol. The van der Waals surface area contributed by atoms with E-state index in [1.54, 1.807) is 0 Å². The maximum Gasteiger partial charge on any atom is 0.229 e. The minimum absolute atomic E-state index is 0.589. The number of rotatable bonds is 14. The molecule has 196 valence electrons. The quantitative estimate of drug-likeness (QED) is 0.225. The third-order valence-electron chi connectivity index (χ3n) is 6.20. The monoisotopic (exact) mass is 503 g/mol. The van der Waals surface area contributed by atoms with Crippen LogP contribution < -0.4 is 0 Å². The van der Waals surface area contributed by atoms with Crippen LogP contribution >= 0.6 is 0 Å². The fourth-order valence-electron chi connectivity index (χ4n) is 4.15. The normalized spacial score (nSPS) is 11.8. The van der Waals surface area contributed by atoms with Gasteiger partial charge in [0.05, 0.1) is 13.2 Å². The molecule has 0 unspecified atom stereocenters. The Hall–Kier alpha value is -3.43. The lowest BCUT2D eigenvalue weighted by Crippen LogP contribution is -2.32. The SMILES string of the molecule is CCCCn1nc(C(C)(OCCC)OCCC)nc1Cc1ccc(-c2ccccc2-c2nnn[nH]2)cc1. The van der Waals surface area contributed by atoms with Gasteiger partial charge in [-0.1, -0.05) is 75.7 Å². The van der Waals surface area contributed by atoms with Gasteiger partial charge in [-0.05, 0) is 53.3 Å². The molecule has 0 radical (unpaired) electrons. The van der Waals surface area contributed by atoms with Crippen molar-refractivity contribution in [2.75, 3.05) is 13.2 Å². The fraction of sp³-hybridized carbons (Fsp3) is 0.464. The first-order chi connectivity index (χ1) is 18.1. The van der Waals surface area contributed by atoms with Crippen LogP contribution in [0.25, 0.3) is 22.5 Å². The van der Waals surface area contributed by atoms with Crippen molar-refractivity contribution in [1.82, 2.24) is 35.4 Å². The number of H-pyrrole nitrogens is 1. The molecule has 4 rings (SSSR count). The molecular weight excluding hydrogens is 466 g/mol. The van der Waals surface area contributed by atoms with E-state index in [9.17, 15) is 0 Å². The van der Waals surface area contributed by atoms with Gasteiger partial charge in [0.2, 0.25) is 11.6 Å². The van der Waals surface area contributed by atoms with E-state index in [2.05, 4.69) is 71.7 Å². The molecule has 0 fully saturated rings. The number of aromatic nitrogens is 7. The molecule has 2 aromatic heterocycles. The third-order valence-corrected chi connectivity index (χ3v) is 6.20. The topological polar surface area (TPSA) is 104 Å². The van der Waals surface area contributed by atoms with Crippen molar-refractivity contribution in [3.63, 3.8) is 0 Å². The second-order valence-corrected chi connectivity index (χ2v) is 9.24. The van der Waals surface area contributed by atoms with Gasteiger partial charge >= 0.3 is 0 Å². The zero-order valence-corrected chi connectivity index (χ0v) is 22.3. The number of aryl methyl sites for hydroxylation is 1. The van der Waals surface area contributed by atoms with Crippen molar-refractivity contribution in [3.8, 4) is 22.5 Å². The van der Waals surface area contributed by atoms with E-state index in [-0.39, 0.29) is 0 Å². The molecular formula is C28H37N7O2. The zero-order chi connectivity index (χ0) is 26.1. The summed E-state index contributed by atoms with van der Waals surface area (Å²) >= 11 is 0. The molecule has 37 heavy (non-hydrogen) atoms. The molecule has 1 N–H and O–H groups in total. The maximum atomic E-state index is 6.12. The highest BCUT2D eigenvalue weighted by atomic mass is 16.7. The maximum absolute atomic E-state index is 6.12. The molecule has 0 saturated carbocycles. The predicted molar refractivity (Wildman–Crippen MR) is 143 cm³/mol. The van der Waals surface area contributed by atoms with E-state index >= 15 is 0 Å². The molecule has 2 heterocycles. The molecule has 9 heteroatoms. The van der Waals surface area contributed by atoms with Gasteiger partial charge < -0.3 is 9.47 Å². The fourth-order valence-corrected chi connectivity index (χ4v) is 4.15. The van der Waals surface area contributed by atoms with E-state index in [0.717, 1.165) is 60.3 Å². The second-order valence-electron chi connectivity index (χ2n) is 9.24. The van der Waals surface area contributed by atoms with Crippen molar-refractivity contribution < 1.29 is 9.47 Å². The number of ether oxygens (including phenoxy) is 2. The molecule has 0 aliphatic carbocycles. The van der Waals surface area contributed by atoms with Crippen LogP contribution in [0.3, 0.4) is 0 Å². The molecule has 0 bridgehead atoms. The molecule has 0 atom stereocenters. The first kappa shape index (κ1) is 26.6. The van der Waals surface area contributed by atoms with Gasteiger partial charge in [-0.15, -0.1) is 5.10 Å². The molecule has 0 amide bonds. The van der Waals surface area contributed by atoms with Crippen molar-refractivity contribution in [3.05, 3.63) is 65.7 Å². The van der Waals surface area contributed by atoms with Crippen LogP contribution in [0.1, 0.15) is 70.6 Å². The van der Waals surface area contributed by atoms with Gasteiger partial charge in [0, 0.05) is 18.5 Å². The Balaban J connectivity index is 1.60. The van der Waals surface area contributed by atoms with Crippen LogP contribution in [0, 0.1) is 0 Å². The third kappa shape index (κ3) is 6.47. The summed E-state index contributed by atoms with van der Waals surface area (Å²) < 4.78 is 14.3. The number of hydrogen-bond donors (Lipinski definition) is 1.